The van der Waals surface area contributed by atoms with Gasteiger partial charge >= 0.3 is 0 Å². The van der Waals surface area contributed by atoms with Crippen LogP contribution in [0.4, 0.5) is 10.2 Å². The van der Waals surface area contributed by atoms with Crippen LogP contribution in [0, 0.1) is 5.82 Å². The minimum absolute atomic E-state index is 0.154. The fourth-order valence-corrected chi connectivity index (χ4v) is 1.50. The standard InChI is InChI=1S/C11H13FN4/c1-7(2)16-11(13)10(14-15-16)8-3-5-9(12)6-4-8/h3-7H,13H2,1-2H3. The fraction of sp³-hybridized carbons (Fsp3) is 0.273. The molecule has 0 saturated heterocycles. The Morgan fingerprint density at radius 1 is 1.25 bits per heavy atom. The first kappa shape index (κ1) is 10.6. The van der Waals surface area contributed by atoms with Crippen LogP contribution in [-0.2, 0) is 0 Å². The highest BCUT2D eigenvalue weighted by Crippen LogP contribution is 2.24. The third-order valence-electron chi connectivity index (χ3n) is 2.34. The molecule has 0 fully saturated rings. The Hall–Kier alpha value is -1.91. The minimum Gasteiger partial charge on any atom is -0.382 e. The van der Waals surface area contributed by atoms with Gasteiger partial charge in [-0.1, -0.05) is 5.21 Å². The summed E-state index contributed by atoms with van der Waals surface area (Å²) in [6, 6.07) is 6.19. The van der Waals surface area contributed by atoms with Gasteiger partial charge < -0.3 is 5.73 Å². The molecule has 0 saturated carbocycles. The molecule has 1 heterocycles. The molecule has 84 valence electrons. The van der Waals surface area contributed by atoms with Crippen LogP contribution in [0.2, 0.25) is 0 Å². The van der Waals surface area contributed by atoms with Gasteiger partial charge in [-0.2, -0.15) is 0 Å². The molecule has 1 aromatic carbocycles. The van der Waals surface area contributed by atoms with Crippen molar-refractivity contribution in [2.45, 2.75) is 19.9 Å². The molecule has 0 spiro atoms. The number of nitrogens with zero attached hydrogens (tertiary/aromatic N) is 3. The Morgan fingerprint density at radius 2 is 1.88 bits per heavy atom. The van der Waals surface area contributed by atoms with Gasteiger partial charge in [-0.3, -0.25) is 0 Å². The van der Waals surface area contributed by atoms with Crippen molar-refractivity contribution in [2.24, 2.45) is 0 Å². The van der Waals surface area contributed by atoms with Gasteiger partial charge in [0, 0.05) is 5.56 Å². The molecule has 0 radical (unpaired) electrons. The third-order valence-corrected chi connectivity index (χ3v) is 2.34. The lowest BCUT2D eigenvalue weighted by Crippen LogP contribution is -2.07. The molecule has 0 aliphatic heterocycles. The molecule has 0 bridgehead atoms. The quantitative estimate of drug-likeness (QED) is 0.844. The third kappa shape index (κ3) is 1.76. The number of nitrogen functional groups attached to an aromatic ring is 1. The number of hydrogen-bond acceptors (Lipinski definition) is 3. The number of halogens is 1. The lowest BCUT2D eigenvalue weighted by Gasteiger charge is -2.06. The molecule has 16 heavy (non-hydrogen) atoms. The summed E-state index contributed by atoms with van der Waals surface area (Å²) in [5.74, 6) is 0.222. The summed E-state index contributed by atoms with van der Waals surface area (Å²) in [5.41, 5.74) is 7.28. The first-order valence-electron chi connectivity index (χ1n) is 5.06. The van der Waals surface area contributed by atoms with E-state index in [1.54, 1.807) is 16.8 Å². The zero-order chi connectivity index (χ0) is 11.7. The Kier molecular flexibility index (Phi) is 2.60. The summed E-state index contributed by atoms with van der Waals surface area (Å²) in [6.07, 6.45) is 0. The van der Waals surface area contributed by atoms with Gasteiger partial charge in [0.2, 0.25) is 0 Å². The number of nitrogens with two attached hydrogens (primary N) is 1. The number of anilines is 1. The van der Waals surface area contributed by atoms with E-state index in [1.807, 2.05) is 13.8 Å². The second-order valence-corrected chi connectivity index (χ2v) is 3.87. The van der Waals surface area contributed by atoms with Crippen molar-refractivity contribution < 1.29 is 4.39 Å². The van der Waals surface area contributed by atoms with Gasteiger partial charge in [-0.05, 0) is 38.1 Å². The van der Waals surface area contributed by atoms with Gasteiger partial charge in [0.15, 0.2) is 5.82 Å². The number of hydrogen-bond donors (Lipinski definition) is 1. The monoisotopic (exact) mass is 220 g/mol. The first-order chi connectivity index (χ1) is 7.59. The zero-order valence-corrected chi connectivity index (χ0v) is 9.18. The maximum atomic E-state index is 12.8. The van der Waals surface area contributed by atoms with Crippen molar-refractivity contribution >= 4 is 5.82 Å². The molecule has 0 unspecified atom stereocenters. The lowest BCUT2D eigenvalue weighted by atomic mass is 10.1. The van der Waals surface area contributed by atoms with E-state index in [1.165, 1.54) is 12.1 Å². The average molecular weight is 220 g/mol. The van der Waals surface area contributed by atoms with Crippen LogP contribution < -0.4 is 5.73 Å². The highest BCUT2D eigenvalue weighted by atomic mass is 19.1. The normalized spacial score (nSPS) is 11.0. The minimum atomic E-state index is -0.279. The Labute approximate surface area is 92.9 Å². The summed E-state index contributed by atoms with van der Waals surface area (Å²) >= 11 is 0. The van der Waals surface area contributed by atoms with Crippen LogP contribution in [-0.4, -0.2) is 15.0 Å². The van der Waals surface area contributed by atoms with Crippen molar-refractivity contribution in [1.82, 2.24) is 15.0 Å². The Bertz CT molecular complexity index is 487. The molecule has 0 aliphatic carbocycles. The van der Waals surface area contributed by atoms with Crippen LogP contribution >= 0.6 is 0 Å². The molecule has 2 N–H and O–H groups in total. The van der Waals surface area contributed by atoms with Crippen molar-refractivity contribution in [3.8, 4) is 11.3 Å². The number of benzene rings is 1. The first-order valence-corrected chi connectivity index (χ1v) is 5.06. The van der Waals surface area contributed by atoms with E-state index in [2.05, 4.69) is 10.3 Å². The second kappa shape index (κ2) is 3.92. The fourth-order valence-electron chi connectivity index (χ4n) is 1.50. The second-order valence-electron chi connectivity index (χ2n) is 3.87. The molecule has 0 atom stereocenters. The van der Waals surface area contributed by atoms with Gasteiger partial charge in [0.05, 0.1) is 6.04 Å². The van der Waals surface area contributed by atoms with Crippen molar-refractivity contribution in [2.75, 3.05) is 5.73 Å². The van der Waals surface area contributed by atoms with Gasteiger partial charge in [0.1, 0.15) is 11.5 Å². The van der Waals surface area contributed by atoms with E-state index < -0.39 is 0 Å². The SMILES string of the molecule is CC(C)n1nnc(-c2ccc(F)cc2)c1N. The van der Waals surface area contributed by atoms with E-state index in [4.69, 9.17) is 5.73 Å². The van der Waals surface area contributed by atoms with Crippen LogP contribution in [0.1, 0.15) is 19.9 Å². The van der Waals surface area contributed by atoms with Crippen molar-refractivity contribution in [3.63, 3.8) is 0 Å². The lowest BCUT2D eigenvalue weighted by molar-refractivity contribution is 0.521. The van der Waals surface area contributed by atoms with Crippen molar-refractivity contribution in [3.05, 3.63) is 30.1 Å². The number of rotatable bonds is 2. The van der Waals surface area contributed by atoms with Crippen molar-refractivity contribution in [1.29, 1.82) is 0 Å². The van der Waals surface area contributed by atoms with E-state index in [0.29, 0.717) is 11.5 Å². The topological polar surface area (TPSA) is 56.7 Å². The zero-order valence-electron chi connectivity index (χ0n) is 9.18. The van der Waals surface area contributed by atoms with Crippen LogP contribution in [0.15, 0.2) is 24.3 Å². The summed E-state index contributed by atoms with van der Waals surface area (Å²) in [5, 5.41) is 7.96. The maximum absolute atomic E-state index is 12.8. The molecule has 2 aromatic rings. The van der Waals surface area contributed by atoms with Crippen LogP contribution in [0.3, 0.4) is 0 Å². The Morgan fingerprint density at radius 3 is 2.38 bits per heavy atom. The molecule has 5 heteroatoms. The molecular weight excluding hydrogens is 207 g/mol. The van der Waals surface area contributed by atoms with E-state index in [0.717, 1.165) is 5.56 Å². The maximum Gasteiger partial charge on any atom is 0.150 e. The Balaban J connectivity index is 2.45. The molecule has 0 amide bonds. The smallest absolute Gasteiger partial charge is 0.150 e. The molecule has 1 aromatic heterocycles. The van der Waals surface area contributed by atoms with E-state index in [-0.39, 0.29) is 11.9 Å². The average Bonchev–Trinajstić information content (AvgIpc) is 2.61. The summed E-state index contributed by atoms with van der Waals surface area (Å²) in [6.45, 7) is 3.94. The van der Waals surface area contributed by atoms with Gasteiger partial charge in [0.25, 0.3) is 0 Å². The predicted octanol–water partition coefficient (Wildman–Crippen LogP) is 2.25. The largest absolute Gasteiger partial charge is 0.382 e. The highest BCUT2D eigenvalue weighted by molar-refractivity contribution is 5.69. The predicted molar refractivity (Wildman–Crippen MR) is 60.2 cm³/mol. The highest BCUT2D eigenvalue weighted by Gasteiger charge is 2.13. The van der Waals surface area contributed by atoms with Gasteiger partial charge in [-0.15, -0.1) is 5.10 Å². The van der Waals surface area contributed by atoms with E-state index >= 15 is 0 Å². The molecular formula is C11H13FN4. The number of aromatic nitrogens is 3. The summed E-state index contributed by atoms with van der Waals surface area (Å²) in [7, 11) is 0. The molecule has 0 aliphatic rings. The molecule has 4 nitrogen and oxygen atoms in total. The van der Waals surface area contributed by atoms with E-state index in [9.17, 15) is 4.39 Å². The van der Waals surface area contributed by atoms with Gasteiger partial charge in [-0.25, -0.2) is 9.07 Å². The summed E-state index contributed by atoms with van der Waals surface area (Å²) < 4.78 is 14.4. The van der Waals surface area contributed by atoms with Crippen LogP contribution in [0.25, 0.3) is 11.3 Å². The molecule has 2 rings (SSSR count). The summed E-state index contributed by atoms with van der Waals surface area (Å²) in [4.78, 5) is 0. The van der Waals surface area contributed by atoms with Crippen LogP contribution in [0.5, 0.6) is 0 Å².